The Labute approximate surface area is 227 Å². The molecular formula is C29H58N2O4S. The SMILES string of the molecule is CC.CC.CCCCCCN(C(=O)CCCC)C(CC(OCC)C1=NC(C(=O)OCC)CS1)C(C)C. The summed E-state index contributed by atoms with van der Waals surface area (Å²) < 4.78 is 11.3. The topological polar surface area (TPSA) is 68.2 Å². The molecule has 0 aliphatic carbocycles. The molecule has 1 amide bonds. The van der Waals surface area contributed by atoms with Gasteiger partial charge in [-0.2, -0.15) is 0 Å². The van der Waals surface area contributed by atoms with Crippen molar-refractivity contribution >= 4 is 28.7 Å². The molecule has 1 aliphatic rings. The Bertz CT molecular complexity index is 584. The van der Waals surface area contributed by atoms with Crippen LogP contribution in [0.3, 0.4) is 0 Å². The van der Waals surface area contributed by atoms with E-state index in [0.29, 0.717) is 37.7 Å². The van der Waals surface area contributed by atoms with Gasteiger partial charge in [-0.25, -0.2) is 4.79 Å². The highest BCUT2D eigenvalue weighted by Gasteiger charge is 2.35. The first kappa shape index (κ1) is 37.1. The summed E-state index contributed by atoms with van der Waals surface area (Å²) in [6.45, 7) is 22.2. The molecular weight excluding hydrogens is 472 g/mol. The molecule has 0 N–H and O–H groups in total. The lowest BCUT2D eigenvalue weighted by molar-refractivity contribution is -0.143. The van der Waals surface area contributed by atoms with Crippen LogP contribution in [-0.4, -0.2) is 65.5 Å². The van der Waals surface area contributed by atoms with Crippen LogP contribution in [-0.2, 0) is 19.1 Å². The number of aliphatic imine (C=N–C) groups is 1. The van der Waals surface area contributed by atoms with E-state index >= 15 is 0 Å². The lowest BCUT2D eigenvalue weighted by Gasteiger charge is -2.37. The summed E-state index contributed by atoms with van der Waals surface area (Å²) in [5, 5.41) is 0.863. The average molecular weight is 531 g/mol. The van der Waals surface area contributed by atoms with E-state index in [1.54, 1.807) is 11.8 Å². The molecule has 0 spiro atoms. The van der Waals surface area contributed by atoms with Crippen LogP contribution in [0.1, 0.15) is 121 Å². The maximum Gasteiger partial charge on any atom is 0.331 e. The Kier molecular flexibility index (Phi) is 25.0. The molecule has 36 heavy (non-hydrogen) atoms. The monoisotopic (exact) mass is 530 g/mol. The molecule has 1 aliphatic heterocycles. The number of nitrogens with zero attached hydrogens (tertiary/aromatic N) is 2. The van der Waals surface area contributed by atoms with Crippen LogP contribution in [0.2, 0.25) is 0 Å². The molecule has 0 aromatic carbocycles. The van der Waals surface area contributed by atoms with Crippen LogP contribution in [0.15, 0.2) is 4.99 Å². The molecule has 3 unspecified atom stereocenters. The van der Waals surface area contributed by atoms with Gasteiger partial charge >= 0.3 is 5.97 Å². The third-order valence-electron chi connectivity index (χ3n) is 5.82. The third kappa shape index (κ3) is 14.6. The number of hydrogen-bond donors (Lipinski definition) is 0. The van der Waals surface area contributed by atoms with E-state index in [0.717, 1.165) is 37.3 Å². The molecule has 1 heterocycles. The number of ether oxygens (including phenoxy) is 2. The molecule has 0 saturated carbocycles. The quantitative estimate of drug-likeness (QED) is 0.144. The molecule has 3 atom stereocenters. The number of carbonyl (C=O) groups excluding carboxylic acids is 2. The summed E-state index contributed by atoms with van der Waals surface area (Å²) >= 11 is 1.59. The molecule has 0 saturated heterocycles. The highest BCUT2D eigenvalue weighted by atomic mass is 32.2. The molecule has 1 rings (SSSR count). The van der Waals surface area contributed by atoms with Crippen molar-refractivity contribution in [3.63, 3.8) is 0 Å². The predicted molar refractivity (Wildman–Crippen MR) is 157 cm³/mol. The fourth-order valence-corrected chi connectivity index (χ4v) is 5.09. The van der Waals surface area contributed by atoms with Gasteiger partial charge in [0.15, 0.2) is 6.04 Å². The first-order chi connectivity index (χ1) is 17.4. The third-order valence-corrected chi connectivity index (χ3v) is 6.96. The fourth-order valence-electron chi connectivity index (χ4n) is 4.00. The second-order valence-electron chi connectivity index (χ2n) is 8.79. The number of thioether (sulfide) groups is 1. The van der Waals surface area contributed by atoms with Crippen molar-refractivity contribution in [1.82, 2.24) is 4.90 Å². The highest BCUT2D eigenvalue weighted by molar-refractivity contribution is 8.14. The summed E-state index contributed by atoms with van der Waals surface area (Å²) in [7, 11) is 0. The van der Waals surface area contributed by atoms with E-state index in [9.17, 15) is 9.59 Å². The van der Waals surface area contributed by atoms with Gasteiger partial charge in [-0.3, -0.25) is 9.79 Å². The van der Waals surface area contributed by atoms with Gasteiger partial charge in [0.05, 0.1) is 11.7 Å². The molecule has 0 aromatic heterocycles. The lowest BCUT2D eigenvalue weighted by atomic mass is 9.95. The Morgan fingerprint density at radius 1 is 0.972 bits per heavy atom. The maximum absolute atomic E-state index is 13.2. The molecule has 6 nitrogen and oxygen atoms in total. The molecule has 7 heteroatoms. The molecule has 0 bridgehead atoms. The minimum absolute atomic E-state index is 0.0856. The van der Waals surface area contributed by atoms with Crippen LogP contribution in [0.25, 0.3) is 0 Å². The van der Waals surface area contributed by atoms with E-state index in [1.165, 1.54) is 12.8 Å². The summed E-state index contributed by atoms with van der Waals surface area (Å²) in [6.07, 6.45) is 7.63. The van der Waals surface area contributed by atoms with E-state index in [4.69, 9.17) is 9.47 Å². The molecule has 0 radical (unpaired) electrons. The number of esters is 1. The zero-order chi connectivity index (χ0) is 27.9. The van der Waals surface area contributed by atoms with Crippen LogP contribution >= 0.6 is 11.8 Å². The zero-order valence-corrected chi connectivity index (χ0v) is 26.0. The van der Waals surface area contributed by atoms with E-state index < -0.39 is 6.04 Å². The Balaban J connectivity index is 0. The van der Waals surface area contributed by atoms with Gasteiger partial charge < -0.3 is 14.4 Å². The first-order valence-corrected chi connectivity index (χ1v) is 15.7. The number of amides is 1. The van der Waals surface area contributed by atoms with E-state index in [2.05, 4.69) is 37.6 Å². The molecule has 214 valence electrons. The van der Waals surface area contributed by atoms with E-state index in [1.807, 2.05) is 41.5 Å². The van der Waals surface area contributed by atoms with Crippen molar-refractivity contribution in [2.24, 2.45) is 10.9 Å². The normalized spacial score (nSPS) is 16.2. The van der Waals surface area contributed by atoms with Gasteiger partial charge in [-0.05, 0) is 32.6 Å². The summed E-state index contributed by atoms with van der Waals surface area (Å²) in [6, 6.07) is -0.366. The molecule has 0 aromatic rings. The summed E-state index contributed by atoms with van der Waals surface area (Å²) in [4.78, 5) is 32.1. The lowest BCUT2D eigenvalue weighted by Crippen LogP contribution is -2.46. The predicted octanol–water partition coefficient (Wildman–Crippen LogP) is 7.53. The standard InChI is InChI=1S/C25H46N2O4S.2C2H6/c1-7-11-13-14-16-27(23(28)15-12-8-2)21(19(5)6)17-22(30-9-3)24-26-20(18-32-24)25(29)31-10-4;2*1-2/h19-22H,7-18H2,1-6H3;2*1-2H3. The van der Waals surface area contributed by atoms with Gasteiger partial charge in [0, 0.05) is 37.8 Å². The van der Waals surface area contributed by atoms with Crippen molar-refractivity contribution in [2.75, 3.05) is 25.5 Å². The minimum Gasteiger partial charge on any atom is -0.464 e. The van der Waals surface area contributed by atoms with E-state index in [-0.39, 0.29) is 24.0 Å². The smallest absolute Gasteiger partial charge is 0.331 e. The van der Waals surface area contributed by atoms with Gasteiger partial charge in [-0.1, -0.05) is 81.1 Å². The minimum atomic E-state index is -0.452. The van der Waals surface area contributed by atoms with Crippen molar-refractivity contribution in [3.8, 4) is 0 Å². The van der Waals surface area contributed by atoms with Crippen molar-refractivity contribution < 1.29 is 19.1 Å². The maximum atomic E-state index is 13.2. The number of carbonyl (C=O) groups is 2. The van der Waals surface area contributed by atoms with Gasteiger partial charge in [0.2, 0.25) is 5.91 Å². The largest absolute Gasteiger partial charge is 0.464 e. The number of unbranched alkanes of at least 4 members (excludes halogenated alkanes) is 4. The number of rotatable bonds is 17. The molecule has 0 fully saturated rings. The first-order valence-electron chi connectivity index (χ1n) is 14.7. The highest BCUT2D eigenvalue weighted by Crippen LogP contribution is 2.28. The van der Waals surface area contributed by atoms with Crippen LogP contribution < -0.4 is 0 Å². The van der Waals surface area contributed by atoms with Crippen LogP contribution in [0, 0.1) is 5.92 Å². The fraction of sp³-hybridized carbons (Fsp3) is 0.897. The van der Waals surface area contributed by atoms with Crippen LogP contribution in [0.4, 0.5) is 0 Å². The second-order valence-corrected chi connectivity index (χ2v) is 9.83. The van der Waals surface area contributed by atoms with Gasteiger partial charge in [0.1, 0.15) is 6.10 Å². The van der Waals surface area contributed by atoms with Gasteiger partial charge in [-0.15, -0.1) is 11.8 Å². The van der Waals surface area contributed by atoms with Crippen molar-refractivity contribution in [2.45, 2.75) is 139 Å². The number of hydrogen-bond acceptors (Lipinski definition) is 6. The van der Waals surface area contributed by atoms with Crippen LogP contribution in [0.5, 0.6) is 0 Å². The summed E-state index contributed by atoms with van der Waals surface area (Å²) in [5.74, 6) is 0.892. The Morgan fingerprint density at radius 2 is 1.61 bits per heavy atom. The zero-order valence-electron chi connectivity index (χ0n) is 25.2. The van der Waals surface area contributed by atoms with Crippen molar-refractivity contribution in [3.05, 3.63) is 0 Å². The summed E-state index contributed by atoms with van der Waals surface area (Å²) in [5.41, 5.74) is 0. The average Bonchev–Trinajstić information content (AvgIpc) is 3.38. The van der Waals surface area contributed by atoms with Crippen molar-refractivity contribution in [1.29, 1.82) is 0 Å². The van der Waals surface area contributed by atoms with Gasteiger partial charge in [0.25, 0.3) is 0 Å². The Morgan fingerprint density at radius 3 is 2.14 bits per heavy atom. The second kappa shape index (κ2) is 24.3. The Hall–Kier alpha value is -1.08.